The molecule has 0 aliphatic heterocycles. The van der Waals surface area contributed by atoms with E-state index in [2.05, 4.69) is 15.6 Å². The van der Waals surface area contributed by atoms with E-state index < -0.39 is 6.04 Å². The molecule has 3 aromatic rings. The number of carbonyl (C=O) groups excluding carboxylic acids is 2. The molecular formula is C18H17N3O2. The van der Waals surface area contributed by atoms with Gasteiger partial charge in [0.25, 0.3) is 5.91 Å². The highest BCUT2D eigenvalue weighted by Crippen LogP contribution is 2.21. The molecule has 5 nitrogen and oxygen atoms in total. The molecule has 0 saturated heterocycles. The molecule has 0 saturated carbocycles. The molecule has 0 fully saturated rings. The first kappa shape index (κ1) is 14.8. The van der Waals surface area contributed by atoms with Crippen molar-refractivity contribution in [2.45, 2.75) is 13.0 Å². The van der Waals surface area contributed by atoms with E-state index >= 15 is 0 Å². The summed E-state index contributed by atoms with van der Waals surface area (Å²) in [7, 11) is 0. The smallest absolute Gasteiger partial charge is 0.251 e. The van der Waals surface area contributed by atoms with Crippen LogP contribution in [0, 0.1) is 0 Å². The fourth-order valence-corrected chi connectivity index (χ4v) is 2.37. The van der Waals surface area contributed by atoms with Crippen LogP contribution in [0.15, 0.2) is 60.8 Å². The lowest BCUT2D eigenvalue weighted by atomic mass is 10.2. The predicted molar refractivity (Wildman–Crippen MR) is 90.3 cm³/mol. The number of hydrogen-bond donors (Lipinski definition) is 3. The maximum Gasteiger partial charge on any atom is 0.251 e. The summed E-state index contributed by atoms with van der Waals surface area (Å²) < 4.78 is 0. The van der Waals surface area contributed by atoms with E-state index in [1.807, 2.05) is 36.5 Å². The monoisotopic (exact) mass is 307 g/mol. The minimum atomic E-state index is -0.645. The van der Waals surface area contributed by atoms with E-state index in [-0.39, 0.29) is 11.8 Å². The topological polar surface area (TPSA) is 74.0 Å². The first-order chi connectivity index (χ1) is 11.1. The summed E-state index contributed by atoms with van der Waals surface area (Å²) in [6, 6.07) is 15.8. The number of anilines is 1. The lowest BCUT2D eigenvalue weighted by molar-refractivity contribution is -0.117. The first-order valence-corrected chi connectivity index (χ1v) is 7.38. The zero-order valence-electron chi connectivity index (χ0n) is 12.7. The zero-order chi connectivity index (χ0) is 16.2. The lowest BCUT2D eigenvalue weighted by Gasteiger charge is -2.14. The van der Waals surface area contributed by atoms with Crippen molar-refractivity contribution < 1.29 is 9.59 Å². The van der Waals surface area contributed by atoms with Crippen molar-refractivity contribution in [1.29, 1.82) is 0 Å². The molecule has 2 aromatic carbocycles. The number of H-pyrrole nitrogens is 1. The number of hydrogen-bond acceptors (Lipinski definition) is 2. The number of benzene rings is 2. The van der Waals surface area contributed by atoms with E-state index in [9.17, 15) is 9.59 Å². The van der Waals surface area contributed by atoms with Gasteiger partial charge in [-0.3, -0.25) is 9.59 Å². The molecule has 1 unspecified atom stereocenters. The number of fused-ring (bicyclic) bond motifs is 1. The molecule has 0 bridgehead atoms. The van der Waals surface area contributed by atoms with Crippen molar-refractivity contribution >= 4 is 28.4 Å². The Labute approximate surface area is 133 Å². The Morgan fingerprint density at radius 2 is 1.78 bits per heavy atom. The molecule has 116 valence electrons. The molecule has 0 spiro atoms. The third-order valence-corrected chi connectivity index (χ3v) is 3.62. The van der Waals surface area contributed by atoms with Crippen molar-refractivity contribution in [2.24, 2.45) is 0 Å². The second kappa shape index (κ2) is 6.36. The third-order valence-electron chi connectivity index (χ3n) is 3.62. The Kier molecular flexibility index (Phi) is 4.10. The number of aromatic amines is 1. The van der Waals surface area contributed by atoms with Crippen molar-refractivity contribution in [1.82, 2.24) is 10.3 Å². The molecular weight excluding hydrogens is 290 g/mol. The largest absolute Gasteiger partial charge is 0.359 e. The van der Waals surface area contributed by atoms with Gasteiger partial charge in [-0.05, 0) is 31.2 Å². The third kappa shape index (κ3) is 3.23. The van der Waals surface area contributed by atoms with Crippen LogP contribution < -0.4 is 10.6 Å². The summed E-state index contributed by atoms with van der Waals surface area (Å²) >= 11 is 0. The zero-order valence-corrected chi connectivity index (χ0v) is 12.7. The van der Waals surface area contributed by atoms with Gasteiger partial charge in [0.05, 0.1) is 11.2 Å². The highest BCUT2D eigenvalue weighted by atomic mass is 16.2. The second-order valence-electron chi connectivity index (χ2n) is 5.30. The van der Waals surface area contributed by atoms with Gasteiger partial charge in [0.15, 0.2) is 0 Å². The minimum absolute atomic E-state index is 0.267. The summed E-state index contributed by atoms with van der Waals surface area (Å²) in [6.45, 7) is 1.66. The van der Waals surface area contributed by atoms with Crippen molar-refractivity contribution in [3.63, 3.8) is 0 Å². The van der Waals surface area contributed by atoms with Crippen LogP contribution in [0.5, 0.6) is 0 Å². The molecule has 5 heteroatoms. The molecule has 0 aliphatic rings. The second-order valence-corrected chi connectivity index (χ2v) is 5.30. The van der Waals surface area contributed by atoms with E-state index in [0.29, 0.717) is 11.3 Å². The van der Waals surface area contributed by atoms with Crippen LogP contribution >= 0.6 is 0 Å². The minimum Gasteiger partial charge on any atom is -0.359 e. The maximum absolute atomic E-state index is 12.3. The van der Waals surface area contributed by atoms with Crippen molar-refractivity contribution in [2.75, 3.05) is 5.32 Å². The Morgan fingerprint density at radius 3 is 2.57 bits per heavy atom. The van der Waals surface area contributed by atoms with E-state index in [1.165, 1.54) is 0 Å². The van der Waals surface area contributed by atoms with E-state index in [0.717, 1.165) is 10.9 Å². The van der Waals surface area contributed by atoms with Gasteiger partial charge in [-0.1, -0.05) is 30.3 Å². The number of rotatable bonds is 4. The fourth-order valence-electron chi connectivity index (χ4n) is 2.37. The first-order valence-electron chi connectivity index (χ1n) is 7.38. The normalized spacial score (nSPS) is 11.9. The SMILES string of the molecule is CC(NC(=O)c1ccccc1)C(=O)Nc1cccc2cc[nH]c12. The highest BCUT2D eigenvalue weighted by Gasteiger charge is 2.17. The van der Waals surface area contributed by atoms with Gasteiger partial charge in [-0.15, -0.1) is 0 Å². The van der Waals surface area contributed by atoms with Crippen LogP contribution in [0.25, 0.3) is 10.9 Å². The van der Waals surface area contributed by atoms with Gasteiger partial charge in [-0.2, -0.15) is 0 Å². The average molecular weight is 307 g/mol. The van der Waals surface area contributed by atoms with Gasteiger partial charge in [-0.25, -0.2) is 0 Å². The number of amides is 2. The number of para-hydroxylation sites is 1. The van der Waals surface area contributed by atoms with Crippen molar-refractivity contribution in [3.8, 4) is 0 Å². The molecule has 1 atom stereocenters. The maximum atomic E-state index is 12.3. The number of aromatic nitrogens is 1. The number of carbonyl (C=O) groups is 2. The standard InChI is InChI=1S/C18H17N3O2/c1-12(20-18(23)14-6-3-2-4-7-14)17(22)21-15-9-5-8-13-10-11-19-16(13)15/h2-12,19H,1H3,(H,20,23)(H,21,22). The van der Waals surface area contributed by atoms with Gasteiger partial charge < -0.3 is 15.6 Å². The molecule has 0 radical (unpaired) electrons. The summed E-state index contributed by atoms with van der Waals surface area (Å²) in [4.78, 5) is 27.5. The Bertz CT molecular complexity index is 840. The van der Waals surface area contributed by atoms with Crippen LogP contribution in [-0.4, -0.2) is 22.8 Å². The van der Waals surface area contributed by atoms with Gasteiger partial charge in [0, 0.05) is 17.1 Å². The summed E-state index contributed by atoms with van der Waals surface area (Å²) in [5.41, 5.74) is 2.08. The molecule has 2 amide bonds. The summed E-state index contributed by atoms with van der Waals surface area (Å²) in [6.07, 6.45) is 1.82. The Balaban J connectivity index is 1.68. The molecule has 3 N–H and O–H groups in total. The summed E-state index contributed by atoms with van der Waals surface area (Å²) in [5, 5.41) is 6.56. The average Bonchev–Trinajstić information content (AvgIpc) is 3.05. The Morgan fingerprint density at radius 1 is 1.00 bits per heavy atom. The lowest BCUT2D eigenvalue weighted by Crippen LogP contribution is -2.41. The van der Waals surface area contributed by atoms with Crippen LogP contribution in [0.2, 0.25) is 0 Å². The molecule has 0 aliphatic carbocycles. The summed E-state index contributed by atoms with van der Waals surface area (Å²) in [5.74, 6) is -0.539. The van der Waals surface area contributed by atoms with E-state index in [4.69, 9.17) is 0 Å². The quantitative estimate of drug-likeness (QED) is 0.693. The van der Waals surface area contributed by atoms with Crippen molar-refractivity contribution in [3.05, 3.63) is 66.4 Å². The van der Waals surface area contributed by atoms with Crippen LogP contribution in [0.4, 0.5) is 5.69 Å². The van der Waals surface area contributed by atoms with Gasteiger partial charge >= 0.3 is 0 Å². The van der Waals surface area contributed by atoms with Gasteiger partial charge in [0.1, 0.15) is 6.04 Å². The van der Waals surface area contributed by atoms with Crippen LogP contribution in [0.1, 0.15) is 17.3 Å². The van der Waals surface area contributed by atoms with Gasteiger partial charge in [0.2, 0.25) is 5.91 Å². The predicted octanol–water partition coefficient (Wildman–Crippen LogP) is 2.92. The fraction of sp³-hybridized carbons (Fsp3) is 0.111. The van der Waals surface area contributed by atoms with E-state index in [1.54, 1.807) is 31.2 Å². The molecule has 3 rings (SSSR count). The van der Waals surface area contributed by atoms with Crippen LogP contribution in [0.3, 0.4) is 0 Å². The Hall–Kier alpha value is -3.08. The molecule has 23 heavy (non-hydrogen) atoms. The van der Waals surface area contributed by atoms with Crippen LogP contribution in [-0.2, 0) is 4.79 Å². The highest BCUT2D eigenvalue weighted by molar-refractivity contribution is 6.04. The molecule has 1 aromatic heterocycles. The number of nitrogens with one attached hydrogen (secondary N) is 3. The molecule has 1 heterocycles.